The molecule has 0 aliphatic rings. The Morgan fingerprint density at radius 1 is 1.10 bits per heavy atom. The van der Waals surface area contributed by atoms with Gasteiger partial charge in [0, 0.05) is 36.8 Å². The van der Waals surface area contributed by atoms with Gasteiger partial charge in [0.15, 0.2) is 0 Å². The van der Waals surface area contributed by atoms with Crippen molar-refractivity contribution in [3.63, 3.8) is 0 Å². The highest BCUT2D eigenvalue weighted by Gasteiger charge is 2.20. The maximum absolute atomic E-state index is 13.2. The molecule has 5 rings (SSSR count). The molecule has 0 bridgehead atoms. The van der Waals surface area contributed by atoms with Crippen LogP contribution in [-0.4, -0.2) is 44.3 Å². The van der Waals surface area contributed by atoms with E-state index in [-0.39, 0.29) is 11.9 Å². The lowest BCUT2D eigenvalue weighted by Crippen LogP contribution is -2.26. The van der Waals surface area contributed by atoms with Crippen LogP contribution in [0.25, 0.3) is 27.5 Å². The molecule has 0 radical (unpaired) electrons. The molecule has 3 aromatic heterocycles. The summed E-state index contributed by atoms with van der Waals surface area (Å²) in [6.45, 7) is 0.406. The number of para-hydroxylation sites is 2. The van der Waals surface area contributed by atoms with Gasteiger partial charge < -0.3 is 15.4 Å². The third-order valence-electron chi connectivity index (χ3n) is 5.33. The van der Waals surface area contributed by atoms with E-state index in [9.17, 15) is 4.79 Å². The maximum Gasteiger partial charge on any atom is 0.274 e. The van der Waals surface area contributed by atoms with Crippen LogP contribution >= 0.6 is 0 Å². The van der Waals surface area contributed by atoms with Gasteiger partial charge in [0.25, 0.3) is 5.91 Å². The van der Waals surface area contributed by atoms with E-state index in [0.717, 1.165) is 21.9 Å². The summed E-state index contributed by atoms with van der Waals surface area (Å²) in [6, 6.07) is 15.4. The molecular weight excluding hydrogens is 392 g/mol. The summed E-state index contributed by atoms with van der Waals surface area (Å²) in [5, 5.41) is 1.79. The van der Waals surface area contributed by atoms with Gasteiger partial charge in [-0.15, -0.1) is 0 Å². The number of fused-ring (bicyclic) bond motifs is 4. The lowest BCUT2D eigenvalue weighted by molar-refractivity contribution is 0.0780. The molecule has 154 valence electrons. The number of hydrogen-bond acceptors (Lipinski definition) is 6. The normalized spacial score (nSPS) is 11.3. The Hall–Kier alpha value is -4.20. The third kappa shape index (κ3) is 3.09. The number of nitrogens with two attached hydrogens (primary N) is 1. The topological polar surface area (TPSA) is 98.6 Å². The molecule has 0 spiro atoms. The minimum atomic E-state index is -0.216. The van der Waals surface area contributed by atoms with E-state index in [1.807, 2.05) is 48.5 Å². The number of pyridine rings is 1. The summed E-state index contributed by atoms with van der Waals surface area (Å²) in [7, 11) is 3.32. The molecule has 0 saturated heterocycles. The number of aromatic nitrogens is 4. The average Bonchev–Trinajstić information content (AvgIpc) is 3.25. The molecule has 8 nitrogen and oxygen atoms in total. The zero-order valence-electron chi connectivity index (χ0n) is 17.1. The Morgan fingerprint density at radius 3 is 2.74 bits per heavy atom. The quantitative estimate of drug-likeness (QED) is 0.486. The molecule has 2 N–H and O–H groups in total. The molecule has 0 aliphatic carbocycles. The van der Waals surface area contributed by atoms with E-state index in [1.54, 1.807) is 35.9 Å². The molecule has 5 aromatic rings. The number of anilines is 1. The van der Waals surface area contributed by atoms with Crippen molar-refractivity contribution >= 4 is 39.3 Å². The Bertz CT molecular complexity index is 1450. The van der Waals surface area contributed by atoms with Crippen LogP contribution in [0.15, 0.2) is 60.9 Å². The maximum atomic E-state index is 13.2. The third-order valence-corrected chi connectivity index (χ3v) is 5.33. The van der Waals surface area contributed by atoms with E-state index >= 15 is 0 Å². The van der Waals surface area contributed by atoms with E-state index in [0.29, 0.717) is 29.2 Å². The smallest absolute Gasteiger partial charge is 0.274 e. The van der Waals surface area contributed by atoms with Gasteiger partial charge in [-0.1, -0.05) is 30.3 Å². The summed E-state index contributed by atoms with van der Waals surface area (Å²) in [5.41, 5.74) is 9.45. The fraction of sp³-hybridized carbons (Fsp3) is 0.130. The fourth-order valence-corrected chi connectivity index (χ4v) is 3.82. The molecular formula is C23H20N6O2. The minimum absolute atomic E-state index is 0.216. The van der Waals surface area contributed by atoms with E-state index in [2.05, 4.69) is 15.0 Å². The van der Waals surface area contributed by atoms with Crippen LogP contribution in [0.5, 0.6) is 5.75 Å². The molecule has 31 heavy (non-hydrogen) atoms. The van der Waals surface area contributed by atoms with Crippen molar-refractivity contribution in [1.29, 1.82) is 0 Å². The molecule has 8 heteroatoms. The summed E-state index contributed by atoms with van der Waals surface area (Å²) in [5.74, 6) is 0.620. The number of nitrogen functional groups attached to an aromatic ring is 1. The lowest BCUT2D eigenvalue weighted by atomic mass is 10.1. The number of nitrogens with zero attached hydrogens (tertiary/aromatic N) is 5. The van der Waals surface area contributed by atoms with Gasteiger partial charge in [-0.05, 0) is 23.8 Å². The summed E-state index contributed by atoms with van der Waals surface area (Å²) >= 11 is 0. The predicted molar refractivity (Wildman–Crippen MR) is 119 cm³/mol. The zero-order chi connectivity index (χ0) is 21.5. The zero-order valence-corrected chi connectivity index (χ0v) is 17.1. The van der Waals surface area contributed by atoms with Crippen LogP contribution in [0, 0.1) is 0 Å². The van der Waals surface area contributed by atoms with E-state index in [4.69, 9.17) is 10.5 Å². The molecule has 0 atom stereocenters. The van der Waals surface area contributed by atoms with Crippen molar-refractivity contribution in [2.24, 2.45) is 0 Å². The number of carbonyl (C=O) groups excluding carboxylic acids is 1. The van der Waals surface area contributed by atoms with Gasteiger partial charge in [-0.25, -0.2) is 9.97 Å². The predicted octanol–water partition coefficient (Wildman–Crippen LogP) is 3.29. The number of benzene rings is 2. The van der Waals surface area contributed by atoms with Crippen LogP contribution in [0.2, 0.25) is 0 Å². The Morgan fingerprint density at radius 2 is 1.90 bits per heavy atom. The number of ether oxygens (including phenoxy) is 1. The first-order valence-corrected chi connectivity index (χ1v) is 9.76. The van der Waals surface area contributed by atoms with Gasteiger partial charge in [-0.2, -0.15) is 0 Å². The van der Waals surface area contributed by atoms with Crippen LogP contribution in [0.1, 0.15) is 16.1 Å². The first-order chi connectivity index (χ1) is 15.1. The van der Waals surface area contributed by atoms with Crippen molar-refractivity contribution < 1.29 is 9.53 Å². The second-order valence-electron chi connectivity index (χ2n) is 7.30. The summed E-state index contributed by atoms with van der Waals surface area (Å²) in [4.78, 5) is 28.3. The molecule has 0 aliphatic heterocycles. The van der Waals surface area contributed by atoms with Gasteiger partial charge in [0.1, 0.15) is 22.6 Å². The second kappa shape index (κ2) is 7.24. The second-order valence-corrected chi connectivity index (χ2v) is 7.30. The highest BCUT2D eigenvalue weighted by Crippen LogP contribution is 2.28. The standard InChI is InChI=1S/C23H20N6O2/c1-28(12-15-7-3-6-14-8-5-11-25-19(14)15)22(30)17-13-29-21(26-17)16-9-4-10-18(31-2)20(16)27-23(29)24/h3-11,13H,12H2,1-2H3,(H2,24,27). The lowest BCUT2D eigenvalue weighted by Gasteiger charge is -2.16. The van der Waals surface area contributed by atoms with Crippen molar-refractivity contribution in [1.82, 2.24) is 24.3 Å². The van der Waals surface area contributed by atoms with Gasteiger partial charge >= 0.3 is 0 Å². The van der Waals surface area contributed by atoms with Crippen LogP contribution in [-0.2, 0) is 6.54 Å². The number of methoxy groups -OCH3 is 1. The largest absolute Gasteiger partial charge is 0.494 e. The van der Waals surface area contributed by atoms with Crippen LogP contribution in [0.4, 0.5) is 5.95 Å². The SMILES string of the molecule is COc1cccc2c1nc(N)n1cc(C(=O)N(C)Cc3cccc4cccnc34)nc21. The van der Waals surface area contributed by atoms with Crippen molar-refractivity contribution in [3.8, 4) is 5.75 Å². The molecule has 3 heterocycles. The van der Waals surface area contributed by atoms with Crippen molar-refractivity contribution in [3.05, 3.63) is 72.2 Å². The minimum Gasteiger partial charge on any atom is -0.494 e. The molecule has 0 saturated carbocycles. The monoisotopic (exact) mass is 412 g/mol. The van der Waals surface area contributed by atoms with Gasteiger partial charge in [0.2, 0.25) is 5.95 Å². The highest BCUT2D eigenvalue weighted by molar-refractivity contribution is 5.99. The first kappa shape index (κ1) is 18.8. The molecule has 0 unspecified atom stereocenters. The Balaban J connectivity index is 1.53. The number of amides is 1. The van der Waals surface area contributed by atoms with Gasteiger partial charge in [-0.3, -0.25) is 14.2 Å². The average molecular weight is 412 g/mol. The first-order valence-electron chi connectivity index (χ1n) is 9.76. The van der Waals surface area contributed by atoms with Gasteiger partial charge in [0.05, 0.1) is 12.6 Å². The summed E-state index contributed by atoms with van der Waals surface area (Å²) in [6.07, 6.45) is 3.38. The molecule has 1 amide bonds. The fourth-order valence-electron chi connectivity index (χ4n) is 3.82. The number of imidazole rings is 1. The summed E-state index contributed by atoms with van der Waals surface area (Å²) < 4.78 is 7.02. The Kier molecular flexibility index (Phi) is 4.39. The molecule has 0 fully saturated rings. The Labute approximate surface area is 177 Å². The van der Waals surface area contributed by atoms with Crippen molar-refractivity contribution in [2.75, 3.05) is 19.9 Å². The number of hydrogen-bond donors (Lipinski definition) is 1. The van der Waals surface area contributed by atoms with Crippen molar-refractivity contribution in [2.45, 2.75) is 6.54 Å². The highest BCUT2D eigenvalue weighted by atomic mass is 16.5. The van der Waals surface area contributed by atoms with Crippen LogP contribution < -0.4 is 10.5 Å². The molecule has 2 aromatic carbocycles. The van der Waals surface area contributed by atoms with E-state index in [1.165, 1.54) is 0 Å². The number of rotatable bonds is 4. The van der Waals surface area contributed by atoms with E-state index < -0.39 is 0 Å². The number of carbonyl (C=O) groups is 1. The van der Waals surface area contributed by atoms with Crippen LogP contribution in [0.3, 0.4) is 0 Å².